The maximum absolute atomic E-state index is 12.1. The van der Waals surface area contributed by atoms with Gasteiger partial charge in [-0.15, -0.1) is 12.4 Å². The molecule has 3 aliphatic rings. The molecule has 0 bridgehead atoms. The van der Waals surface area contributed by atoms with Gasteiger partial charge in [-0.25, -0.2) is 0 Å². The molecule has 4 nitrogen and oxygen atoms in total. The van der Waals surface area contributed by atoms with Crippen molar-refractivity contribution in [3.63, 3.8) is 0 Å². The third-order valence-corrected chi connectivity index (χ3v) is 4.44. The first kappa shape index (κ1) is 14.1. The lowest BCUT2D eigenvalue weighted by molar-refractivity contribution is -0.136. The minimum absolute atomic E-state index is 0. The predicted molar refractivity (Wildman–Crippen MR) is 74.0 cm³/mol. The van der Waals surface area contributed by atoms with Crippen molar-refractivity contribution in [2.75, 3.05) is 45.8 Å². The second kappa shape index (κ2) is 6.22. The van der Waals surface area contributed by atoms with Gasteiger partial charge in [-0.3, -0.25) is 4.79 Å². The molecular formula is C13H24ClN3O. The molecule has 0 spiro atoms. The SMILES string of the molecule is Cl.O=C(C1CNC1)N1CCC(CN2CCCC2)C1. The van der Waals surface area contributed by atoms with Gasteiger partial charge in [0.1, 0.15) is 0 Å². The average molecular weight is 274 g/mol. The molecule has 1 amide bonds. The highest BCUT2D eigenvalue weighted by Gasteiger charge is 2.34. The molecule has 1 unspecified atom stereocenters. The van der Waals surface area contributed by atoms with Crippen LogP contribution in [0, 0.1) is 11.8 Å². The summed E-state index contributed by atoms with van der Waals surface area (Å²) in [6.07, 6.45) is 3.94. The van der Waals surface area contributed by atoms with Crippen molar-refractivity contribution in [3.8, 4) is 0 Å². The summed E-state index contributed by atoms with van der Waals surface area (Å²) < 4.78 is 0. The fourth-order valence-electron chi connectivity index (χ4n) is 3.23. The predicted octanol–water partition coefficient (Wildman–Crippen LogP) is 0.572. The summed E-state index contributed by atoms with van der Waals surface area (Å²) in [4.78, 5) is 16.8. The van der Waals surface area contributed by atoms with Crippen LogP contribution < -0.4 is 5.32 Å². The zero-order valence-corrected chi connectivity index (χ0v) is 11.8. The Balaban J connectivity index is 0.00000120. The largest absolute Gasteiger partial charge is 0.342 e. The van der Waals surface area contributed by atoms with Gasteiger partial charge in [0.05, 0.1) is 5.92 Å². The first-order chi connectivity index (χ1) is 8.33. The van der Waals surface area contributed by atoms with Gasteiger partial charge in [0.15, 0.2) is 0 Å². The maximum Gasteiger partial charge on any atom is 0.228 e. The molecule has 3 heterocycles. The van der Waals surface area contributed by atoms with Gasteiger partial charge in [0, 0.05) is 32.7 Å². The van der Waals surface area contributed by atoms with Gasteiger partial charge in [0.2, 0.25) is 5.91 Å². The zero-order chi connectivity index (χ0) is 11.7. The minimum atomic E-state index is 0. The lowest BCUT2D eigenvalue weighted by Crippen LogP contribution is -2.51. The Kier molecular flexibility index (Phi) is 4.87. The summed E-state index contributed by atoms with van der Waals surface area (Å²) in [5.41, 5.74) is 0. The molecular weight excluding hydrogens is 250 g/mol. The second-order valence-corrected chi connectivity index (χ2v) is 5.80. The Morgan fingerprint density at radius 2 is 1.89 bits per heavy atom. The van der Waals surface area contributed by atoms with E-state index >= 15 is 0 Å². The van der Waals surface area contributed by atoms with Crippen molar-refractivity contribution in [2.45, 2.75) is 19.3 Å². The van der Waals surface area contributed by atoms with E-state index in [1.807, 2.05) is 0 Å². The second-order valence-electron chi connectivity index (χ2n) is 5.80. The number of nitrogens with one attached hydrogen (secondary N) is 1. The van der Waals surface area contributed by atoms with Crippen LogP contribution in [0.3, 0.4) is 0 Å². The molecule has 0 aromatic heterocycles. The van der Waals surface area contributed by atoms with Crippen LogP contribution in [-0.2, 0) is 4.79 Å². The van der Waals surface area contributed by atoms with Crippen LogP contribution in [-0.4, -0.2) is 61.5 Å². The molecule has 0 radical (unpaired) electrons. The highest BCUT2D eigenvalue weighted by Crippen LogP contribution is 2.22. The third kappa shape index (κ3) is 2.98. The molecule has 0 aliphatic carbocycles. The van der Waals surface area contributed by atoms with Crippen molar-refractivity contribution in [3.05, 3.63) is 0 Å². The van der Waals surface area contributed by atoms with E-state index in [4.69, 9.17) is 0 Å². The van der Waals surface area contributed by atoms with E-state index in [1.165, 1.54) is 38.9 Å². The van der Waals surface area contributed by atoms with E-state index in [-0.39, 0.29) is 18.3 Å². The zero-order valence-electron chi connectivity index (χ0n) is 10.9. The van der Waals surface area contributed by atoms with Crippen LogP contribution in [0.25, 0.3) is 0 Å². The van der Waals surface area contributed by atoms with Crippen LogP contribution >= 0.6 is 12.4 Å². The third-order valence-electron chi connectivity index (χ3n) is 4.44. The highest BCUT2D eigenvalue weighted by molar-refractivity contribution is 5.85. The smallest absolute Gasteiger partial charge is 0.228 e. The summed E-state index contributed by atoms with van der Waals surface area (Å²) in [5, 5.41) is 3.18. The minimum Gasteiger partial charge on any atom is -0.342 e. The number of nitrogens with zero attached hydrogens (tertiary/aromatic N) is 2. The molecule has 5 heteroatoms. The standard InChI is InChI=1S/C13H23N3O.ClH/c17-13(12-7-14-8-12)16-6-3-11(10-16)9-15-4-1-2-5-15;/h11-12,14H,1-10H2;1H. The van der Waals surface area contributed by atoms with Crippen LogP contribution in [0.15, 0.2) is 0 Å². The quantitative estimate of drug-likeness (QED) is 0.817. The summed E-state index contributed by atoms with van der Waals surface area (Å²) in [6, 6.07) is 0. The summed E-state index contributed by atoms with van der Waals surface area (Å²) in [6.45, 7) is 7.55. The topological polar surface area (TPSA) is 35.6 Å². The summed E-state index contributed by atoms with van der Waals surface area (Å²) in [7, 11) is 0. The van der Waals surface area contributed by atoms with E-state index in [0.717, 1.165) is 32.1 Å². The molecule has 3 aliphatic heterocycles. The fourth-order valence-corrected chi connectivity index (χ4v) is 3.23. The Labute approximate surface area is 115 Å². The molecule has 1 atom stereocenters. The molecule has 0 aromatic rings. The highest BCUT2D eigenvalue weighted by atomic mass is 35.5. The van der Waals surface area contributed by atoms with Gasteiger partial charge < -0.3 is 15.1 Å². The Morgan fingerprint density at radius 1 is 1.17 bits per heavy atom. The number of rotatable bonds is 3. The lowest BCUT2D eigenvalue weighted by Gasteiger charge is -2.30. The number of carbonyl (C=O) groups is 1. The van der Waals surface area contributed by atoms with Gasteiger partial charge >= 0.3 is 0 Å². The van der Waals surface area contributed by atoms with Crippen molar-refractivity contribution in [2.24, 2.45) is 11.8 Å². The van der Waals surface area contributed by atoms with E-state index in [9.17, 15) is 4.79 Å². The van der Waals surface area contributed by atoms with Crippen LogP contribution in [0.1, 0.15) is 19.3 Å². The Hall–Kier alpha value is -0.320. The van der Waals surface area contributed by atoms with Crippen LogP contribution in [0.5, 0.6) is 0 Å². The number of amides is 1. The normalized spacial score (nSPS) is 29.1. The van der Waals surface area contributed by atoms with E-state index < -0.39 is 0 Å². The number of likely N-dealkylation sites (tertiary alicyclic amines) is 2. The molecule has 3 fully saturated rings. The van der Waals surface area contributed by atoms with Gasteiger partial charge in [-0.2, -0.15) is 0 Å². The molecule has 3 rings (SSSR count). The number of hydrogen-bond acceptors (Lipinski definition) is 3. The summed E-state index contributed by atoms with van der Waals surface area (Å²) >= 11 is 0. The number of halogens is 1. The molecule has 104 valence electrons. The Bertz CT molecular complexity index is 290. The van der Waals surface area contributed by atoms with E-state index in [0.29, 0.717) is 5.91 Å². The first-order valence-corrected chi connectivity index (χ1v) is 7.05. The van der Waals surface area contributed by atoms with Crippen molar-refractivity contribution in [1.29, 1.82) is 0 Å². The van der Waals surface area contributed by atoms with Crippen molar-refractivity contribution < 1.29 is 4.79 Å². The molecule has 18 heavy (non-hydrogen) atoms. The van der Waals surface area contributed by atoms with Crippen LogP contribution in [0.2, 0.25) is 0 Å². The summed E-state index contributed by atoms with van der Waals surface area (Å²) in [5.74, 6) is 1.40. The molecule has 3 saturated heterocycles. The first-order valence-electron chi connectivity index (χ1n) is 7.05. The van der Waals surface area contributed by atoms with E-state index in [2.05, 4.69) is 15.1 Å². The van der Waals surface area contributed by atoms with E-state index in [1.54, 1.807) is 0 Å². The van der Waals surface area contributed by atoms with Gasteiger partial charge in [0.25, 0.3) is 0 Å². The Morgan fingerprint density at radius 3 is 2.50 bits per heavy atom. The number of carbonyl (C=O) groups excluding carboxylic acids is 1. The lowest BCUT2D eigenvalue weighted by atomic mass is 10.0. The van der Waals surface area contributed by atoms with Gasteiger partial charge in [-0.1, -0.05) is 0 Å². The fraction of sp³-hybridized carbons (Fsp3) is 0.923. The number of hydrogen-bond donors (Lipinski definition) is 1. The van der Waals surface area contributed by atoms with Crippen molar-refractivity contribution in [1.82, 2.24) is 15.1 Å². The van der Waals surface area contributed by atoms with Gasteiger partial charge in [-0.05, 0) is 38.3 Å². The monoisotopic (exact) mass is 273 g/mol. The molecule has 0 aromatic carbocycles. The molecule has 1 N–H and O–H groups in total. The average Bonchev–Trinajstić information content (AvgIpc) is 2.86. The maximum atomic E-state index is 12.1. The van der Waals surface area contributed by atoms with Crippen molar-refractivity contribution >= 4 is 18.3 Å². The van der Waals surface area contributed by atoms with Crippen LogP contribution in [0.4, 0.5) is 0 Å². The molecule has 0 saturated carbocycles.